The first-order valence-electron chi connectivity index (χ1n) is 8.73. The highest BCUT2D eigenvalue weighted by atomic mass is 32.2. The van der Waals surface area contributed by atoms with Crippen molar-refractivity contribution in [2.24, 2.45) is 0 Å². The number of urea groups is 1. The second kappa shape index (κ2) is 8.01. The van der Waals surface area contributed by atoms with E-state index in [-0.39, 0.29) is 5.09 Å². The van der Waals surface area contributed by atoms with Gasteiger partial charge in [0.05, 0.1) is 12.8 Å². The van der Waals surface area contributed by atoms with Gasteiger partial charge in [0.2, 0.25) is 5.09 Å². The van der Waals surface area contributed by atoms with E-state index in [1.54, 1.807) is 38.3 Å². The molecule has 0 radical (unpaired) electrons. The third-order valence-electron chi connectivity index (χ3n) is 4.40. The first-order valence-corrected chi connectivity index (χ1v) is 10.2. The Labute approximate surface area is 158 Å². The van der Waals surface area contributed by atoms with Gasteiger partial charge in [-0.3, -0.25) is 0 Å². The molecule has 2 amide bonds. The van der Waals surface area contributed by atoms with Crippen molar-refractivity contribution in [2.75, 3.05) is 30.8 Å². The first-order chi connectivity index (χ1) is 12.9. The lowest BCUT2D eigenvalue weighted by Crippen LogP contribution is -2.35. The first kappa shape index (κ1) is 19.2. The molecule has 0 atom stereocenters. The molecular formula is C18H23N3O5S. The number of sulfonamides is 1. The Morgan fingerprint density at radius 1 is 1.11 bits per heavy atom. The minimum Gasteiger partial charge on any atom is -0.497 e. The van der Waals surface area contributed by atoms with Crippen molar-refractivity contribution in [3.05, 3.63) is 36.1 Å². The number of hydrogen-bond acceptors (Lipinski definition) is 5. The molecule has 27 heavy (non-hydrogen) atoms. The summed E-state index contributed by atoms with van der Waals surface area (Å²) in [5, 5.41) is 5.15. The van der Waals surface area contributed by atoms with E-state index in [4.69, 9.17) is 9.15 Å². The summed E-state index contributed by atoms with van der Waals surface area (Å²) in [7, 11) is -2.12. The van der Waals surface area contributed by atoms with Gasteiger partial charge in [-0.15, -0.1) is 0 Å². The normalized spacial score (nSPS) is 15.3. The number of piperidine rings is 1. The standard InChI is InChI=1S/C18H23N3O5S/c1-13-16(20-18(22)19-14-6-8-15(25-2)9-7-14)12-17(26-13)27(23,24)21-10-4-3-5-11-21/h6-9,12H,3-5,10-11H2,1-2H3,(H2,19,20,22). The molecule has 0 saturated carbocycles. The van der Waals surface area contributed by atoms with Gasteiger partial charge in [-0.05, 0) is 44.0 Å². The van der Waals surface area contributed by atoms with Crippen LogP contribution in [0.3, 0.4) is 0 Å². The van der Waals surface area contributed by atoms with Gasteiger partial charge in [-0.25, -0.2) is 13.2 Å². The summed E-state index contributed by atoms with van der Waals surface area (Å²) < 4.78 is 37.3. The Morgan fingerprint density at radius 3 is 2.41 bits per heavy atom. The minimum absolute atomic E-state index is 0.151. The zero-order chi connectivity index (χ0) is 19.4. The Bertz CT molecular complexity index is 900. The van der Waals surface area contributed by atoms with Crippen molar-refractivity contribution in [1.29, 1.82) is 0 Å². The van der Waals surface area contributed by atoms with Crippen LogP contribution in [0.15, 0.2) is 39.8 Å². The van der Waals surface area contributed by atoms with Crippen LogP contribution in [0.4, 0.5) is 16.2 Å². The number of anilines is 2. The van der Waals surface area contributed by atoms with Gasteiger partial charge >= 0.3 is 6.03 Å². The number of methoxy groups -OCH3 is 1. The smallest absolute Gasteiger partial charge is 0.323 e. The van der Waals surface area contributed by atoms with Crippen molar-refractivity contribution in [1.82, 2.24) is 4.31 Å². The molecule has 9 heteroatoms. The van der Waals surface area contributed by atoms with E-state index in [0.29, 0.717) is 36.0 Å². The topological polar surface area (TPSA) is 101 Å². The second-order valence-electron chi connectivity index (χ2n) is 6.31. The lowest BCUT2D eigenvalue weighted by Gasteiger charge is -2.24. The van der Waals surface area contributed by atoms with Crippen molar-refractivity contribution in [3.63, 3.8) is 0 Å². The van der Waals surface area contributed by atoms with Crippen LogP contribution in [-0.2, 0) is 10.0 Å². The maximum absolute atomic E-state index is 12.7. The summed E-state index contributed by atoms with van der Waals surface area (Å²) in [4.78, 5) is 12.2. The number of carbonyl (C=O) groups excluding carboxylic acids is 1. The fraction of sp³-hybridized carbons (Fsp3) is 0.389. The zero-order valence-corrected chi connectivity index (χ0v) is 16.1. The number of carbonyl (C=O) groups is 1. The Hall–Kier alpha value is -2.52. The SMILES string of the molecule is COc1ccc(NC(=O)Nc2cc(S(=O)(=O)N3CCCCC3)oc2C)cc1. The molecule has 1 aliphatic heterocycles. The van der Waals surface area contributed by atoms with Gasteiger partial charge in [0.1, 0.15) is 11.5 Å². The van der Waals surface area contributed by atoms with Crippen LogP contribution in [-0.4, -0.2) is 39.0 Å². The van der Waals surface area contributed by atoms with Gasteiger partial charge in [0.25, 0.3) is 10.0 Å². The molecule has 0 unspecified atom stereocenters. The molecular weight excluding hydrogens is 370 g/mol. The van der Waals surface area contributed by atoms with E-state index in [0.717, 1.165) is 19.3 Å². The molecule has 0 bridgehead atoms. The molecule has 0 aliphatic carbocycles. The number of nitrogens with one attached hydrogen (secondary N) is 2. The molecule has 1 fully saturated rings. The summed E-state index contributed by atoms with van der Waals surface area (Å²) in [6, 6.07) is 7.71. The molecule has 8 nitrogen and oxygen atoms in total. The molecule has 3 rings (SSSR count). The van der Waals surface area contributed by atoms with E-state index in [1.807, 2.05) is 0 Å². The summed E-state index contributed by atoms with van der Waals surface area (Å²) >= 11 is 0. The van der Waals surface area contributed by atoms with Gasteiger partial charge in [0.15, 0.2) is 0 Å². The highest BCUT2D eigenvalue weighted by Gasteiger charge is 2.30. The van der Waals surface area contributed by atoms with Crippen LogP contribution < -0.4 is 15.4 Å². The Morgan fingerprint density at radius 2 is 1.78 bits per heavy atom. The van der Waals surface area contributed by atoms with E-state index in [2.05, 4.69) is 10.6 Å². The number of aryl methyl sites for hydroxylation is 1. The van der Waals surface area contributed by atoms with Crippen molar-refractivity contribution >= 4 is 27.4 Å². The second-order valence-corrected chi connectivity index (χ2v) is 8.18. The van der Waals surface area contributed by atoms with Crippen LogP contribution in [0.2, 0.25) is 0 Å². The molecule has 1 saturated heterocycles. The molecule has 2 aromatic rings. The average molecular weight is 393 g/mol. The van der Waals surface area contributed by atoms with E-state index in [1.165, 1.54) is 10.4 Å². The van der Waals surface area contributed by atoms with E-state index < -0.39 is 16.1 Å². The van der Waals surface area contributed by atoms with Gasteiger partial charge in [-0.2, -0.15) is 4.31 Å². The lowest BCUT2D eigenvalue weighted by molar-refractivity contribution is 0.262. The van der Waals surface area contributed by atoms with E-state index >= 15 is 0 Å². The largest absolute Gasteiger partial charge is 0.497 e. The fourth-order valence-electron chi connectivity index (χ4n) is 2.90. The maximum Gasteiger partial charge on any atom is 0.323 e. The number of amides is 2. The average Bonchev–Trinajstić information content (AvgIpc) is 3.04. The monoisotopic (exact) mass is 393 g/mol. The number of ether oxygens (including phenoxy) is 1. The van der Waals surface area contributed by atoms with Crippen molar-refractivity contribution in [3.8, 4) is 5.75 Å². The van der Waals surface area contributed by atoms with Gasteiger partial charge in [0, 0.05) is 24.8 Å². The highest BCUT2D eigenvalue weighted by molar-refractivity contribution is 7.89. The Kier molecular flexibility index (Phi) is 5.71. The van der Waals surface area contributed by atoms with Crippen LogP contribution >= 0.6 is 0 Å². The van der Waals surface area contributed by atoms with E-state index in [9.17, 15) is 13.2 Å². The molecule has 2 N–H and O–H groups in total. The highest BCUT2D eigenvalue weighted by Crippen LogP contribution is 2.28. The predicted molar refractivity (Wildman–Crippen MR) is 102 cm³/mol. The number of hydrogen-bond donors (Lipinski definition) is 2. The lowest BCUT2D eigenvalue weighted by atomic mass is 10.2. The Balaban J connectivity index is 1.69. The third kappa shape index (κ3) is 4.42. The summed E-state index contributed by atoms with van der Waals surface area (Å²) in [5.74, 6) is 1.01. The predicted octanol–water partition coefficient (Wildman–Crippen LogP) is 3.42. The summed E-state index contributed by atoms with van der Waals surface area (Å²) in [5.41, 5.74) is 0.896. The van der Waals surface area contributed by atoms with Gasteiger partial charge in [-0.1, -0.05) is 6.42 Å². The quantitative estimate of drug-likeness (QED) is 0.811. The molecule has 0 spiro atoms. The van der Waals surface area contributed by atoms with Gasteiger partial charge < -0.3 is 19.8 Å². The summed E-state index contributed by atoms with van der Waals surface area (Å²) in [6.07, 6.45) is 2.71. The third-order valence-corrected chi connectivity index (χ3v) is 6.16. The fourth-order valence-corrected chi connectivity index (χ4v) is 4.39. The summed E-state index contributed by atoms with van der Waals surface area (Å²) in [6.45, 7) is 2.59. The molecule has 1 aromatic heterocycles. The molecule has 2 heterocycles. The van der Waals surface area contributed by atoms with Crippen LogP contribution in [0, 0.1) is 6.92 Å². The molecule has 1 aliphatic rings. The van der Waals surface area contributed by atoms with Crippen LogP contribution in [0.5, 0.6) is 5.75 Å². The molecule has 1 aromatic carbocycles. The van der Waals surface area contributed by atoms with Crippen LogP contribution in [0.1, 0.15) is 25.0 Å². The van der Waals surface area contributed by atoms with Crippen molar-refractivity contribution < 1.29 is 22.4 Å². The van der Waals surface area contributed by atoms with Crippen LogP contribution in [0.25, 0.3) is 0 Å². The molecule has 146 valence electrons. The number of furan rings is 1. The van der Waals surface area contributed by atoms with Crippen molar-refractivity contribution in [2.45, 2.75) is 31.3 Å². The minimum atomic E-state index is -3.69. The maximum atomic E-state index is 12.7. The number of benzene rings is 1. The number of nitrogens with zero attached hydrogens (tertiary/aromatic N) is 1. The number of rotatable bonds is 5. The zero-order valence-electron chi connectivity index (χ0n) is 15.3.